The first-order valence-corrected chi connectivity index (χ1v) is 9.02. The molecule has 0 aliphatic rings. The van der Waals surface area contributed by atoms with Crippen LogP contribution in [-0.2, 0) is 6.54 Å². The quantitative estimate of drug-likeness (QED) is 0.624. The molecule has 6 heteroatoms. The van der Waals surface area contributed by atoms with Crippen molar-refractivity contribution >= 4 is 17.3 Å². The summed E-state index contributed by atoms with van der Waals surface area (Å²) in [6, 6.07) is 7.91. The van der Waals surface area contributed by atoms with E-state index in [1.807, 2.05) is 57.0 Å². The molecule has 1 unspecified atom stereocenters. The molecule has 0 saturated carbocycles. The molecule has 2 aromatic rings. The molecule has 0 radical (unpaired) electrons. The van der Waals surface area contributed by atoms with E-state index < -0.39 is 6.10 Å². The molecule has 0 bridgehead atoms. The maximum atomic E-state index is 10.3. The summed E-state index contributed by atoms with van der Waals surface area (Å²) in [6.45, 7) is 7.87. The summed E-state index contributed by atoms with van der Waals surface area (Å²) in [5.74, 6) is 0.773. The Labute approximate surface area is 148 Å². The van der Waals surface area contributed by atoms with Gasteiger partial charge in [0.25, 0.3) is 0 Å². The monoisotopic (exact) mass is 346 g/mol. The maximum absolute atomic E-state index is 10.3. The van der Waals surface area contributed by atoms with Gasteiger partial charge in [-0.25, -0.2) is 4.98 Å². The normalized spacial score (nSPS) is 13.0. The van der Waals surface area contributed by atoms with Gasteiger partial charge in [-0.3, -0.25) is 4.99 Å². The van der Waals surface area contributed by atoms with Gasteiger partial charge in [0.1, 0.15) is 0 Å². The van der Waals surface area contributed by atoms with Crippen LogP contribution in [0.4, 0.5) is 0 Å². The van der Waals surface area contributed by atoms with Crippen molar-refractivity contribution in [2.45, 2.75) is 33.4 Å². The van der Waals surface area contributed by atoms with Crippen molar-refractivity contribution in [3.8, 4) is 0 Å². The molecule has 1 heterocycles. The number of rotatable bonds is 6. The van der Waals surface area contributed by atoms with Crippen LogP contribution in [0.3, 0.4) is 0 Å². The molecule has 1 aromatic carbocycles. The lowest BCUT2D eigenvalue weighted by molar-refractivity contribution is 0.186. The minimum Gasteiger partial charge on any atom is -0.386 e. The number of nitrogens with zero attached hydrogens (tertiary/aromatic N) is 3. The topological polar surface area (TPSA) is 60.8 Å². The third kappa shape index (κ3) is 5.32. The van der Waals surface area contributed by atoms with Crippen LogP contribution in [0.25, 0.3) is 0 Å². The van der Waals surface area contributed by atoms with Crippen LogP contribution in [0.1, 0.15) is 34.9 Å². The third-order valence-electron chi connectivity index (χ3n) is 3.64. The van der Waals surface area contributed by atoms with Gasteiger partial charge in [0, 0.05) is 19.0 Å². The van der Waals surface area contributed by atoms with E-state index in [1.165, 1.54) is 5.56 Å². The van der Waals surface area contributed by atoms with Gasteiger partial charge in [0.15, 0.2) is 5.96 Å². The molecule has 5 nitrogen and oxygen atoms in total. The molecule has 2 rings (SSSR count). The molecule has 0 aliphatic heterocycles. The standard InChI is InChI=1S/C18H26N4OS/c1-5-19-18(22(4)11-16-12-24-14(3)21-16)20-10-17(23)15-8-6-13(2)7-9-15/h6-9,12,17,23H,5,10-11H2,1-4H3,(H,19,20). The fraction of sp³-hybridized carbons (Fsp3) is 0.444. The molecule has 1 atom stereocenters. The molecule has 1 aromatic heterocycles. The van der Waals surface area contributed by atoms with Gasteiger partial charge in [-0.2, -0.15) is 0 Å². The molecule has 0 fully saturated rings. The van der Waals surface area contributed by atoms with Crippen molar-refractivity contribution < 1.29 is 5.11 Å². The van der Waals surface area contributed by atoms with Crippen LogP contribution in [0.5, 0.6) is 0 Å². The predicted octanol–water partition coefficient (Wildman–Crippen LogP) is 2.89. The molecule has 0 saturated heterocycles. The highest BCUT2D eigenvalue weighted by Gasteiger charge is 2.11. The van der Waals surface area contributed by atoms with Gasteiger partial charge in [-0.15, -0.1) is 11.3 Å². The molecule has 130 valence electrons. The summed E-state index contributed by atoms with van der Waals surface area (Å²) in [5, 5.41) is 16.7. The van der Waals surface area contributed by atoms with E-state index >= 15 is 0 Å². The Morgan fingerprint density at radius 2 is 2.04 bits per heavy atom. The summed E-state index contributed by atoms with van der Waals surface area (Å²) in [6.07, 6.45) is -0.603. The zero-order valence-corrected chi connectivity index (χ0v) is 15.6. The Morgan fingerprint density at radius 1 is 1.33 bits per heavy atom. The lowest BCUT2D eigenvalue weighted by atomic mass is 10.1. The van der Waals surface area contributed by atoms with E-state index in [9.17, 15) is 5.11 Å². The summed E-state index contributed by atoms with van der Waals surface area (Å²) >= 11 is 1.65. The number of aliphatic hydroxyl groups is 1. The first kappa shape index (κ1) is 18.4. The smallest absolute Gasteiger partial charge is 0.194 e. The Bertz CT molecular complexity index is 666. The minimum atomic E-state index is -0.603. The average molecular weight is 347 g/mol. The van der Waals surface area contributed by atoms with E-state index in [4.69, 9.17) is 0 Å². The van der Waals surface area contributed by atoms with Gasteiger partial charge in [-0.05, 0) is 26.3 Å². The van der Waals surface area contributed by atoms with Gasteiger partial charge >= 0.3 is 0 Å². The number of aryl methyl sites for hydroxylation is 2. The first-order chi connectivity index (χ1) is 11.5. The molecule has 0 aliphatic carbocycles. The van der Waals surface area contributed by atoms with Gasteiger partial charge < -0.3 is 15.3 Å². The van der Waals surface area contributed by atoms with Crippen LogP contribution in [0, 0.1) is 13.8 Å². The number of hydrogen-bond acceptors (Lipinski definition) is 4. The van der Waals surface area contributed by atoms with E-state index in [-0.39, 0.29) is 0 Å². The minimum absolute atomic E-state index is 0.325. The van der Waals surface area contributed by atoms with Crippen molar-refractivity contribution in [2.24, 2.45) is 4.99 Å². The molecular formula is C18H26N4OS. The van der Waals surface area contributed by atoms with Crippen LogP contribution in [-0.4, -0.2) is 41.1 Å². The zero-order valence-electron chi connectivity index (χ0n) is 14.8. The second-order valence-electron chi connectivity index (χ2n) is 5.84. The van der Waals surface area contributed by atoms with Crippen molar-refractivity contribution in [3.63, 3.8) is 0 Å². The second-order valence-corrected chi connectivity index (χ2v) is 6.90. The van der Waals surface area contributed by atoms with E-state index in [2.05, 4.69) is 20.7 Å². The van der Waals surface area contributed by atoms with E-state index in [1.54, 1.807) is 11.3 Å². The largest absolute Gasteiger partial charge is 0.386 e. The highest BCUT2D eigenvalue weighted by Crippen LogP contribution is 2.14. The molecule has 2 N–H and O–H groups in total. The van der Waals surface area contributed by atoms with E-state index in [0.717, 1.165) is 28.8 Å². The molecule has 0 spiro atoms. The molecular weight excluding hydrogens is 320 g/mol. The second kappa shape index (κ2) is 8.80. The van der Waals surface area contributed by atoms with Crippen LogP contribution in [0.2, 0.25) is 0 Å². The van der Waals surface area contributed by atoms with Crippen molar-refractivity contribution in [1.29, 1.82) is 0 Å². The Balaban J connectivity index is 2.02. The van der Waals surface area contributed by atoms with Crippen molar-refractivity contribution in [1.82, 2.24) is 15.2 Å². The zero-order chi connectivity index (χ0) is 17.5. The number of thiazole rings is 1. The highest BCUT2D eigenvalue weighted by molar-refractivity contribution is 7.09. The first-order valence-electron chi connectivity index (χ1n) is 8.14. The van der Waals surface area contributed by atoms with Gasteiger partial charge in [0.2, 0.25) is 0 Å². The Kier molecular flexibility index (Phi) is 6.75. The molecule has 24 heavy (non-hydrogen) atoms. The summed E-state index contributed by atoms with van der Waals surface area (Å²) in [7, 11) is 1.98. The maximum Gasteiger partial charge on any atom is 0.194 e. The van der Waals surface area contributed by atoms with Crippen molar-refractivity contribution in [2.75, 3.05) is 20.1 Å². The number of hydrogen-bond donors (Lipinski definition) is 2. The van der Waals surface area contributed by atoms with E-state index in [0.29, 0.717) is 13.1 Å². The summed E-state index contributed by atoms with van der Waals surface area (Å²) < 4.78 is 0. The third-order valence-corrected chi connectivity index (χ3v) is 4.46. The van der Waals surface area contributed by atoms with Crippen LogP contribution >= 0.6 is 11.3 Å². The number of aliphatic hydroxyl groups excluding tert-OH is 1. The highest BCUT2D eigenvalue weighted by atomic mass is 32.1. The SMILES string of the molecule is CCNC(=NCC(O)c1ccc(C)cc1)N(C)Cc1csc(C)n1. The number of aliphatic imine (C=N–C) groups is 1. The molecule has 0 amide bonds. The summed E-state index contributed by atoms with van der Waals surface area (Å²) in [5.41, 5.74) is 3.10. The lowest BCUT2D eigenvalue weighted by Crippen LogP contribution is -2.38. The van der Waals surface area contributed by atoms with Crippen LogP contribution in [0.15, 0.2) is 34.6 Å². The van der Waals surface area contributed by atoms with Crippen LogP contribution < -0.4 is 5.32 Å². The Hall–Kier alpha value is -1.92. The van der Waals surface area contributed by atoms with Gasteiger partial charge in [-0.1, -0.05) is 29.8 Å². The fourth-order valence-corrected chi connectivity index (χ4v) is 2.94. The lowest BCUT2D eigenvalue weighted by Gasteiger charge is -2.21. The number of guanidine groups is 1. The summed E-state index contributed by atoms with van der Waals surface area (Å²) in [4.78, 5) is 11.1. The number of aromatic nitrogens is 1. The predicted molar refractivity (Wildman–Crippen MR) is 100 cm³/mol. The number of nitrogens with one attached hydrogen (secondary N) is 1. The fourth-order valence-electron chi connectivity index (χ4n) is 2.34. The number of benzene rings is 1. The van der Waals surface area contributed by atoms with Crippen molar-refractivity contribution in [3.05, 3.63) is 51.5 Å². The Morgan fingerprint density at radius 3 is 2.62 bits per heavy atom. The van der Waals surface area contributed by atoms with Gasteiger partial charge in [0.05, 0.1) is 29.9 Å². The average Bonchev–Trinajstić information content (AvgIpc) is 2.96.